The summed E-state index contributed by atoms with van der Waals surface area (Å²) in [5.74, 6) is -0.178. The number of carbonyl (C=O) groups is 1. The van der Waals surface area contributed by atoms with Crippen LogP contribution in [-0.2, 0) is 4.79 Å². The Morgan fingerprint density at radius 1 is 1.18 bits per heavy atom. The van der Waals surface area contributed by atoms with Crippen LogP contribution in [0.15, 0.2) is 57.7 Å². The Bertz CT molecular complexity index is 895. The maximum atomic E-state index is 12.3. The molecular weight excluding hydrogens is 280 g/mol. The molecule has 0 aliphatic heterocycles. The van der Waals surface area contributed by atoms with Crippen molar-refractivity contribution < 1.29 is 9.21 Å². The molecule has 1 amide bonds. The molecule has 2 unspecified atom stereocenters. The second-order valence-corrected chi connectivity index (χ2v) is 5.57. The van der Waals surface area contributed by atoms with Crippen LogP contribution < -0.4 is 11.1 Å². The first kappa shape index (κ1) is 12.9. The molecule has 3 aromatic rings. The molecule has 1 aromatic heterocycles. The number of H-pyrrole nitrogens is 1. The summed E-state index contributed by atoms with van der Waals surface area (Å²) < 4.78 is 4.99. The minimum Gasteiger partial charge on any atom is -0.408 e. The van der Waals surface area contributed by atoms with Crippen molar-refractivity contribution in [3.8, 4) is 0 Å². The van der Waals surface area contributed by atoms with E-state index in [1.165, 1.54) is 5.56 Å². The van der Waals surface area contributed by atoms with Crippen LogP contribution >= 0.6 is 0 Å². The van der Waals surface area contributed by atoms with E-state index < -0.39 is 5.76 Å². The summed E-state index contributed by atoms with van der Waals surface area (Å²) in [5, 5.41) is 2.89. The number of aromatic amines is 1. The van der Waals surface area contributed by atoms with E-state index in [4.69, 9.17) is 4.42 Å². The maximum absolute atomic E-state index is 12.3. The van der Waals surface area contributed by atoms with Crippen molar-refractivity contribution in [1.82, 2.24) is 4.98 Å². The molecule has 0 spiro atoms. The largest absolute Gasteiger partial charge is 0.417 e. The Labute approximate surface area is 126 Å². The van der Waals surface area contributed by atoms with Gasteiger partial charge in [-0.05, 0) is 30.0 Å². The van der Waals surface area contributed by atoms with E-state index in [0.29, 0.717) is 22.7 Å². The highest BCUT2D eigenvalue weighted by molar-refractivity contribution is 5.96. The molecule has 1 aliphatic carbocycles. The number of hydrogen-bond donors (Lipinski definition) is 2. The second-order valence-electron chi connectivity index (χ2n) is 5.57. The van der Waals surface area contributed by atoms with E-state index >= 15 is 0 Å². The van der Waals surface area contributed by atoms with Gasteiger partial charge in [-0.3, -0.25) is 9.78 Å². The first-order chi connectivity index (χ1) is 10.7. The number of oxazole rings is 1. The van der Waals surface area contributed by atoms with Gasteiger partial charge in [0.25, 0.3) is 0 Å². The summed E-state index contributed by atoms with van der Waals surface area (Å²) in [5.41, 5.74) is 2.91. The predicted octanol–water partition coefficient (Wildman–Crippen LogP) is 2.86. The highest BCUT2D eigenvalue weighted by atomic mass is 16.4. The van der Waals surface area contributed by atoms with Gasteiger partial charge in [-0.1, -0.05) is 30.3 Å². The number of carbonyl (C=O) groups excluding carboxylic acids is 1. The molecule has 2 N–H and O–H groups in total. The van der Waals surface area contributed by atoms with Crippen LogP contribution in [-0.4, -0.2) is 10.9 Å². The molecule has 2 aromatic carbocycles. The topological polar surface area (TPSA) is 75.1 Å². The van der Waals surface area contributed by atoms with Gasteiger partial charge in [-0.15, -0.1) is 0 Å². The van der Waals surface area contributed by atoms with Gasteiger partial charge in [0, 0.05) is 17.7 Å². The number of benzene rings is 2. The number of aromatic nitrogens is 1. The SMILES string of the molecule is O=C(Nc1ccc2[nH]c(=O)oc2c1)C1CC1c1ccccc1. The van der Waals surface area contributed by atoms with E-state index in [1.54, 1.807) is 18.2 Å². The second kappa shape index (κ2) is 4.87. The molecule has 1 fully saturated rings. The number of anilines is 1. The summed E-state index contributed by atoms with van der Waals surface area (Å²) in [4.78, 5) is 26.0. The lowest BCUT2D eigenvalue weighted by molar-refractivity contribution is -0.117. The molecule has 0 radical (unpaired) electrons. The van der Waals surface area contributed by atoms with Gasteiger partial charge in [-0.25, -0.2) is 4.79 Å². The molecular formula is C17H14N2O3. The quantitative estimate of drug-likeness (QED) is 0.780. The van der Waals surface area contributed by atoms with Crippen molar-refractivity contribution in [3.63, 3.8) is 0 Å². The molecule has 22 heavy (non-hydrogen) atoms. The van der Waals surface area contributed by atoms with E-state index in [2.05, 4.69) is 22.4 Å². The molecule has 110 valence electrons. The van der Waals surface area contributed by atoms with Gasteiger partial charge in [0.1, 0.15) is 0 Å². The van der Waals surface area contributed by atoms with Crippen molar-refractivity contribution >= 4 is 22.7 Å². The fraction of sp³-hybridized carbons (Fsp3) is 0.176. The number of rotatable bonds is 3. The lowest BCUT2D eigenvalue weighted by Gasteiger charge is -2.04. The van der Waals surface area contributed by atoms with E-state index in [9.17, 15) is 9.59 Å². The average Bonchev–Trinajstić information content (AvgIpc) is 3.24. The fourth-order valence-electron chi connectivity index (χ4n) is 2.81. The molecule has 1 saturated carbocycles. The number of hydrogen-bond acceptors (Lipinski definition) is 3. The smallest absolute Gasteiger partial charge is 0.408 e. The van der Waals surface area contributed by atoms with E-state index in [1.807, 2.05) is 18.2 Å². The lowest BCUT2D eigenvalue weighted by Crippen LogP contribution is -2.14. The molecule has 1 aliphatic rings. The summed E-state index contributed by atoms with van der Waals surface area (Å²) in [6.45, 7) is 0. The summed E-state index contributed by atoms with van der Waals surface area (Å²) >= 11 is 0. The Kier molecular flexibility index (Phi) is 2.85. The summed E-state index contributed by atoms with van der Waals surface area (Å²) in [6.07, 6.45) is 0.872. The van der Waals surface area contributed by atoms with E-state index in [-0.39, 0.29) is 11.8 Å². The standard InChI is InChI=1S/C17H14N2O3/c20-16(13-9-12(13)10-4-2-1-3-5-10)18-11-6-7-14-15(8-11)22-17(21)19-14/h1-8,12-13H,9H2,(H,18,20)(H,19,21). The molecule has 2 atom stereocenters. The molecule has 5 nitrogen and oxygen atoms in total. The van der Waals surface area contributed by atoms with Gasteiger partial charge < -0.3 is 9.73 Å². The minimum atomic E-state index is -0.496. The lowest BCUT2D eigenvalue weighted by atomic mass is 10.1. The Morgan fingerprint density at radius 2 is 2.00 bits per heavy atom. The monoisotopic (exact) mass is 294 g/mol. The fourth-order valence-corrected chi connectivity index (χ4v) is 2.81. The van der Waals surface area contributed by atoms with Crippen molar-refractivity contribution in [2.24, 2.45) is 5.92 Å². The van der Waals surface area contributed by atoms with Crippen molar-refractivity contribution in [2.45, 2.75) is 12.3 Å². The minimum absolute atomic E-state index is 0.00563. The third-order valence-corrected chi connectivity index (χ3v) is 4.04. The number of amides is 1. The van der Waals surface area contributed by atoms with Crippen LogP contribution in [0.25, 0.3) is 11.1 Å². The zero-order valence-electron chi connectivity index (χ0n) is 11.7. The Morgan fingerprint density at radius 3 is 2.82 bits per heavy atom. The van der Waals surface area contributed by atoms with Crippen LogP contribution in [0.4, 0.5) is 5.69 Å². The van der Waals surface area contributed by atoms with Gasteiger partial charge in [0.2, 0.25) is 5.91 Å². The molecule has 0 saturated heterocycles. The first-order valence-corrected chi connectivity index (χ1v) is 7.19. The number of nitrogens with one attached hydrogen (secondary N) is 2. The third kappa shape index (κ3) is 2.30. The zero-order valence-corrected chi connectivity index (χ0v) is 11.7. The van der Waals surface area contributed by atoms with E-state index in [0.717, 1.165) is 6.42 Å². The molecule has 0 bridgehead atoms. The normalized spacial score (nSPS) is 20.0. The molecule has 1 heterocycles. The van der Waals surface area contributed by atoms with Crippen molar-refractivity contribution in [2.75, 3.05) is 5.32 Å². The van der Waals surface area contributed by atoms with Crippen molar-refractivity contribution in [3.05, 3.63) is 64.6 Å². The molecule has 5 heteroatoms. The Hall–Kier alpha value is -2.82. The zero-order chi connectivity index (χ0) is 15.1. The van der Waals surface area contributed by atoms with Crippen LogP contribution in [0, 0.1) is 5.92 Å². The van der Waals surface area contributed by atoms with Gasteiger partial charge >= 0.3 is 5.76 Å². The highest BCUT2D eigenvalue weighted by Gasteiger charge is 2.43. The first-order valence-electron chi connectivity index (χ1n) is 7.19. The maximum Gasteiger partial charge on any atom is 0.417 e. The van der Waals surface area contributed by atoms with Crippen LogP contribution in [0.2, 0.25) is 0 Å². The highest BCUT2D eigenvalue weighted by Crippen LogP contribution is 2.47. The summed E-state index contributed by atoms with van der Waals surface area (Å²) in [7, 11) is 0. The van der Waals surface area contributed by atoms with Crippen LogP contribution in [0.3, 0.4) is 0 Å². The van der Waals surface area contributed by atoms with Gasteiger partial charge in [-0.2, -0.15) is 0 Å². The van der Waals surface area contributed by atoms with Crippen molar-refractivity contribution in [1.29, 1.82) is 0 Å². The average molecular weight is 294 g/mol. The van der Waals surface area contributed by atoms with Crippen LogP contribution in [0.1, 0.15) is 17.9 Å². The third-order valence-electron chi connectivity index (χ3n) is 4.04. The molecule has 4 rings (SSSR count). The van der Waals surface area contributed by atoms with Gasteiger partial charge in [0.15, 0.2) is 5.58 Å². The predicted molar refractivity (Wildman–Crippen MR) is 82.8 cm³/mol. The number of fused-ring (bicyclic) bond motifs is 1. The summed E-state index contributed by atoms with van der Waals surface area (Å²) in [6, 6.07) is 15.2. The van der Waals surface area contributed by atoms with Crippen LogP contribution in [0.5, 0.6) is 0 Å². The Balaban J connectivity index is 1.49. The van der Waals surface area contributed by atoms with Gasteiger partial charge in [0.05, 0.1) is 5.52 Å².